The lowest BCUT2D eigenvalue weighted by Gasteiger charge is -2.10. The quantitative estimate of drug-likeness (QED) is 0.667. The third-order valence-electron chi connectivity index (χ3n) is 2.51. The van der Waals surface area contributed by atoms with E-state index in [1.165, 1.54) is 24.3 Å². The van der Waals surface area contributed by atoms with Gasteiger partial charge in [0.25, 0.3) is 0 Å². The third kappa shape index (κ3) is 3.84. The average molecular weight is 305 g/mol. The molecule has 2 aromatic rings. The van der Waals surface area contributed by atoms with Crippen LogP contribution in [0.25, 0.3) is 0 Å². The van der Waals surface area contributed by atoms with Crippen molar-refractivity contribution in [2.24, 2.45) is 0 Å². The Labute approximate surface area is 117 Å². The van der Waals surface area contributed by atoms with Crippen LogP contribution in [-0.4, -0.2) is 4.98 Å². The molecule has 1 heterocycles. The van der Waals surface area contributed by atoms with Crippen LogP contribution in [0.3, 0.4) is 0 Å². The summed E-state index contributed by atoms with van der Waals surface area (Å²) in [5, 5.41) is 2.47. The number of rotatable bonds is 3. The number of alkyl halides is 3. The molecule has 106 valence electrons. The molecule has 0 spiro atoms. The Morgan fingerprint density at radius 1 is 1.10 bits per heavy atom. The molecule has 0 radical (unpaired) electrons. The summed E-state index contributed by atoms with van der Waals surface area (Å²) in [5.41, 5.74) is -0.166. The Hall–Kier alpha value is -1.82. The molecule has 1 N–H and O–H groups in total. The van der Waals surface area contributed by atoms with Crippen LogP contribution in [0, 0.1) is 5.82 Å². The molecule has 2 nitrogen and oxygen atoms in total. The first-order valence-electron chi connectivity index (χ1n) is 5.58. The number of halogens is 5. The molecule has 0 bridgehead atoms. The zero-order valence-electron chi connectivity index (χ0n) is 10.0. The lowest BCUT2D eigenvalue weighted by atomic mass is 10.2. The Balaban J connectivity index is 2.13. The first-order chi connectivity index (χ1) is 9.34. The molecule has 0 amide bonds. The van der Waals surface area contributed by atoms with Crippen LogP contribution in [0.4, 0.5) is 23.4 Å². The van der Waals surface area contributed by atoms with Crippen molar-refractivity contribution in [1.29, 1.82) is 0 Å². The van der Waals surface area contributed by atoms with E-state index < -0.39 is 11.7 Å². The van der Waals surface area contributed by atoms with Gasteiger partial charge < -0.3 is 5.32 Å². The molecule has 0 saturated heterocycles. The molecule has 0 aliphatic rings. The molecule has 1 aromatic carbocycles. The van der Waals surface area contributed by atoms with Gasteiger partial charge in [-0.1, -0.05) is 23.7 Å². The fraction of sp³-hybridized carbons (Fsp3) is 0.154. The third-order valence-corrected chi connectivity index (χ3v) is 2.70. The summed E-state index contributed by atoms with van der Waals surface area (Å²) < 4.78 is 50.5. The Kier molecular flexibility index (Phi) is 4.13. The standard InChI is InChI=1S/C13H9ClF4N2/c14-11-5-9(13(16,17)18)6-12(20-11)19-7-8-1-3-10(15)4-2-8/h1-6H,7H2,(H,19,20). The largest absolute Gasteiger partial charge is 0.416 e. The first kappa shape index (κ1) is 14.6. The molecule has 7 heteroatoms. The lowest BCUT2D eigenvalue weighted by molar-refractivity contribution is -0.137. The maximum Gasteiger partial charge on any atom is 0.416 e. The molecular formula is C13H9ClF4N2. The van der Waals surface area contributed by atoms with Gasteiger partial charge in [0.2, 0.25) is 0 Å². The second kappa shape index (κ2) is 5.66. The predicted molar refractivity (Wildman–Crippen MR) is 68.0 cm³/mol. The van der Waals surface area contributed by atoms with Gasteiger partial charge in [-0.3, -0.25) is 0 Å². The number of nitrogens with zero attached hydrogens (tertiary/aromatic N) is 1. The Morgan fingerprint density at radius 3 is 2.35 bits per heavy atom. The predicted octanol–water partition coefficient (Wildman–Crippen LogP) is 4.51. The maximum absolute atomic E-state index is 12.7. The number of nitrogens with one attached hydrogen (secondary N) is 1. The van der Waals surface area contributed by atoms with Crippen molar-refractivity contribution in [3.8, 4) is 0 Å². The van der Waals surface area contributed by atoms with E-state index in [4.69, 9.17) is 11.6 Å². The molecule has 2 rings (SSSR count). The molecule has 0 fully saturated rings. The van der Waals surface area contributed by atoms with E-state index >= 15 is 0 Å². The van der Waals surface area contributed by atoms with Crippen molar-refractivity contribution in [3.63, 3.8) is 0 Å². The zero-order chi connectivity index (χ0) is 14.8. The van der Waals surface area contributed by atoms with Crippen molar-refractivity contribution < 1.29 is 17.6 Å². The first-order valence-corrected chi connectivity index (χ1v) is 5.95. The summed E-state index contributed by atoms with van der Waals surface area (Å²) in [7, 11) is 0. The van der Waals surface area contributed by atoms with Gasteiger partial charge in [-0.15, -0.1) is 0 Å². The summed E-state index contributed by atoms with van der Waals surface area (Å²) in [4.78, 5) is 3.76. The molecular weight excluding hydrogens is 296 g/mol. The van der Waals surface area contributed by atoms with E-state index in [-0.39, 0.29) is 23.3 Å². The van der Waals surface area contributed by atoms with Gasteiger partial charge in [-0.25, -0.2) is 9.37 Å². The summed E-state index contributed by atoms with van der Waals surface area (Å²) in [6.45, 7) is 0.213. The summed E-state index contributed by atoms with van der Waals surface area (Å²) in [5.74, 6) is -0.372. The van der Waals surface area contributed by atoms with E-state index in [1.54, 1.807) is 0 Å². The highest BCUT2D eigenvalue weighted by atomic mass is 35.5. The smallest absolute Gasteiger partial charge is 0.366 e. The number of benzene rings is 1. The lowest BCUT2D eigenvalue weighted by Crippen LogP contribution is -2.08. The van der Waals surface area contributed by atoms with E-state index in [0.717, 1.165) is 12.1 Å². The molecule has 0 aliphatic carbocycles. The minimum Gasteiger partial charge on any atom is -0.366 e. The van der Waals surface area contributed by atoms with Crippen LogP contribution >= 0.6 is 11.6 Å². The highest BCUT2D eigenvalue weighted by Crippen LogP contribution is 2.32. The second-order valence-corrected chi connectivity index (χ2v) is 4.43. The van der Waals surface area contributed by atoms with Gasteiger partial charge in [0, 0.05) is 6.54 Å². The van der Waals surface area contributed by atoms with Crippen molar-refractivity contribution in [2.45, 2.75) is 12.7 Å². The molecule has 0 saturated carbocycles. The SMILES string of the molecule is Fc1ccc(CNc2cc(C(F)(F)F)cc(Cl)n2)cc1. The van der Waals surface area contributed by atoms with Crippen molar-refractivity contribution in [3.05, 3.63) is 58.5 Å². The summed E-state index contributed by atoms with van der Waals surface area (Å²) in [6.07, 6.45) is -4.49. The summed E-state index contributed by atoms with van der Waals surface area (Å²) >= 11 is 5.56. The van der Waals surface area contributed by atoms with E-state index in [2.05, 4.69) is 10.3 Å². The topological polar surface area (TPSA) is 24.9 Å². The van der Waals surface area contributed by atoms with E-state index in [1.807, 2.05) is 0 Å². The van der Waals surface area contributed by atoms with E-state index in [9.17, 15) is 17.6 Å². The van der Waals surface area contributed by atoms with Crippen molar-refractivity contribution in [1.82, 2.24) is 4.98 Å². The minimum absolute atomic E-state index is 0.00847. The van der Waals surface area contributed by atoms with Crippen molar-refractivity contribution in [2.75, 3.05) is 5.32 Å². The van der Waals surface area contributed by atoms with Crippen LogP contribution in [-0.2, 0) is 12.7 Å². The highest BCUT2D eigenvalue weighted by Gasteiger charge is 2.31. The van der Waals surface area contributed by atoms with Crippen LogP contribution in [0.2, 0.25) is 5.15 Å². The molecule has 1 aromatic heterocycles. The zero-order valence-corrected chi connectivity index (χ0v) is 10.8. The van der Waals surface area contributed by atoms with Gasteiger partial charge in [0.05, 0.1) is 5.56 Å². The second-order valence-electron chi connectivity index (χ2n) is 4.04. The van der Waals surface area contributed by atoms with Crippen LogP contribution < -0.4 is 5.32 Å². The van der Waals surface area contributed by atoms with Crippen molar-refractivity contribution >= 4 is 17.4 Å². The average Bonchev–Trinajstić information content (AvgIpc) is 2.36. The van der Waals surface area contributed by atoms with Gasteiger partial charge in [-0.2, -0.15) is 13.2 Å². The van der Waals surface area contributed by atoms with Gasteiger partial charge in [0.1, 0.15) is 16.8 Å². The maximum atomic E-state index is 12.7. The molecule has 0 atom stereocenters. The van der Waals surface area contributed by atoms with Gasteiger partial charge in [-0.05, 0) is 29.8 Å². The number of anilines is 1. The number of pyridine rings is 1. The highest BCUT2D eigenvalue weighted by molar-refractivity contribution is 6.29. The minimum atomic E-state index is -4.49. The van der Waals surface area contributed by atoms with E-state index in [0.29, 0.717) is 5.56 Å². The summed E-state index contributed by atoms with van der Waals surface area (Å²) in [6, 6.07) is 7.21. The molecule has 0 unspecified atom stereocenters. The van der Waals surface area contributed by atoms with Gasteiger partial charge >= 0.3 is 6.18 Å². The number of hydrogen-bond donors (Lipinski definition) is 1. The van der Waals surface area contributed by atoms with Crippen LogP contribution in [0.5, 0.6) is 0 Å². The molecule has 20 heavy (non-hydrogen) atoms. The Bertz CT molecular complexity index is 596. The fourth-order valence-corrected chi connectivity index (χ4v) is 1.75. The number of aromatic nitrogens is 1. The van der Waals surface area contributed by atoms with Crippen LogP contribution in [0.1, 0.15) is 11.1 Å². The van der Waals surface area contributed by atoms with Gasteiger partial charge in [0.15, 0.2) is 0 Å². The fourth-order valence-electron chi connectivity index (χ4n) is 1.55. The monoisotopic (exact) mass is 304 g/mol. The van der Waals surface area contributed by atoms with Crippen LogP contribution in [0.15, 0.2) is 36.4 Å². The molecule has 0 aliphatic heterocycles. The normalized spacial score (nSPS) is 11.4. The number of hydrogen-bond acceptors (Lipinski definition) is 2. The Morgan fingerprint density at radius 2 is 1.75 bits per heavy atom.